The fourth-order valence-corrected chi connectivity index (χ4v) is 3.73. The molecule has 0 aliphatic heterocycles. The molecular formula is C18H12N2S2. The Hall–Kier alpha value is -2.30. The lowest BCUT2D eigenvalue weighted by molar-refractivity contribution is 1.36. The van der Waals surface area contributed by atoms with Crippen LogP contribution in [0.5, 0.6) is 0 Å². The first kappa shape index (κ1) is 13.4. The van der Waals surface area contributed by atoms with Crippen molar-refractivity contribution in [2.45, 2.75) is 0 Å². The van der Waals surface area contributed by atoms with E-state index in [-0.39, 0.29) is 0 Å². The van der Waals surface area contributed by atoms with Crippen molar-refractivity contribution in [2.24, 2.45) is 0 Å². The van der Waals surface area contributed by atoms with E-state index in [2.05, 4.69) is 44.3 Å². The molecule has 0 aliphatic rings. The maximum absolute atomic E-state index is 4.64. The van der Waals surface area contributed by atoms with Gasteiger partial charge in [0.15, 0.2) is 0 Å². The van der Waals surface area contributed by atoms with Gasteiger partial charge in [-0.1, -0.05) is 24.3 Å². The van der Waals surface area contributed by atoms with Crippen LogP contribution in [0.25, 0.3) is 33.6 Å². The molecule has 1 aromatic carbocycles. The number of thiazole rings is 1. The summed E-state index contributed by atoms with van der Waals surface area (Å²) in [7, 11) is 0. The molecule has 0 fully saturated rings. The number of rotatable bonds is 3. The summed E-state index contributed by atoms with van der Waals surface area (Å²) < 4.78 is 0. The van der Waals surface area contributed by atoms with Crippen LogP contribution < -0.4 is 0 Å². The topological polar surface area (TPSA) is 25.8 Å². The molecule has 0 N–H and O–H groups in total. The molecule has 2 nitrogen and oxygen atoms in total. The standard InChI is InChI=1S/C18H12N2S2/c1-2-4-17-13(3-1)5-6-15(19-17)7-8-16-12-22-18(20-16)14-9-10-21-11-14/h1-12H. The third-order valence-electron chi connectivity index (χ3n) is 3.33. The number of aromatic nitrogens is 2. The summed E-state index contributed by atoms with van der Waals surface area (Å²) in [5.74, 6) is 0. The maximum atomic E-state index is 4.64. The molecule has 3 heterocycles. The highest BCUT2D eigenvalue weighted by Gasteiger charge is 2.03. The van der Waals surface area contributed by atoms with Crippen LogP contribution in [0, 0.1) is 0 Å². The minimum Gasteiger partial charge on any atom is -0.248 e. The van der Waals surface area contributed by atoms with E-state index in [1.165, 1.54) is 5.56 Å². The normalized spacial score (nSPS) is 11.5. The summed E-state index contributed by atoms with van der Waals surface area (Å²) in [6.07, 6.45) is 4.03. The summed E-state index contributed by atoms with van der Waals surface area (Å²) in [6.45, 7) is 0. The van der Waals surface area contributed by atoms with Gasteiger partial charge < -0.3 is 0 Å². The first-order valence-electron chi connectivity index (χ1n) is 6.90. The van der Waals surface area contributed by atoms with Gasteiger partial charge in [0.2, 0.25) is 0 Å². The zero-order chi connectivity index (χ0) is 14.8. The van der Waals surface area contributed by atoms with Gasteiger partial charge in [-0.25, -0.2) is 9.97 Å². The van der Waals surface area contributed by atoms with Crippen LogP contribution in [0.4, 0.5) is 0 Å². The van der Waals surface area contributed by atoms with E-state index < -0.39 is 0 Å². The second kappa shape index (κ2) is 5.83. The molecule has 0 bridgehead atoms. The lowest BCUT2D eigenvalue weighted by atomic mass is 10.2. The van der Waals surface area contributed by atoms with Gasteiger partial charge in [0.1, 0.15) is 5.01 Å². The summed E-state index contributed by atoms with van der Waals surface area (Å²) >= 11 is 3.36. The van der Waals surface area contributed by atoms with Crippen LogP contribution in [-0.4, -0.2) is 9.97 Å². The van der Waals surface area contributed by atoms with E-state index in [1.54, 1.807) is 22.7 Å². The van der Waals surface area contributed by atoms with Crippen LogP contribution in [0.3, 0.4) is 0 Å². The van der Waals surface area contributed by atoms with Crippen molar-refractivity contribution in [3.63, 3.8) is 0 Å². The van der Waals surface area contributed by atoms with E-state index in [4.69, 9.17) is 0 Å². The number of nitrogens with zero attached hydrogens (tertiary/aromatic N) is 2. The van der Waals surface area contributed by atoms with Crippen molar-refractivity contribution in [3.8, 4) is 10.6 Å². The molecule has 4 rings (SSSR count). The number of para-hydroxylation sites is 1. The van der Waals surface area contributed by atoms with Gasteiger partial charge in [0, 0.05) is 21.7 Å². The molecular weight excluding hydrogens is 308 g/mol. The Bertz CT molecular complexity index is 937. The highest BCUT2D eigenvalue weighted by atomic mass is 32.1. The predicted molar refractivity (Wildman–Crippen MR) is 96.1 cm³/mol. The van der Waals surface area contributed by atoms with E-state index in [9.17, 15) is 0 Å². The third-order valence-corrected chi connectivity index (χ3v) is 4.93. The van der Waals surface area contributed by atoms with Crippen molar-refractivity contribution in [1.82, 2.24) is 9.97 Å². The Labute approximate surface area is 136 Å². The van der Waals surface area contributed by atoms with Gasteiger partial charge in [0.05, 0.1) is 16.9 Å². The second-order valence-corrected chi connectivity index (χ2v) is 6.49. The van der Waals surface area contributed by atoms with Crippen LogP contribution in [0.1, 0.15) is 11.4 Å². The third kappa shape index (κ3) is 2.71. The van der Waals surface area contributed by atoms with E-state index in [0.29, 0.717) is 0 Å². The fourth-order valence-electron chi connectivity index (χ4n) is 2.23. The Morgan fingerprint density at radius 3 is 2.64 bits per heavy atom. The minimum atomic E-state index is 0.948. The first-order valence-corrected chi connectivity index (χ1v) is 8.73. The van der Waals surface area contributed by atoms with Gasteiger partial charge in [-0.3, -0.25) is 0 Å². The van der Waals surface area contributed by atoms with Crippen molar-refractivity contribution in [3.05, 3.63) is 70.0 Å². The van der Waals surface area contributed by atoms with Gasteiger partial charge in [0.25, 0.3) is 0 Å². The quantitative estimate of drug-likeness (QED) is 0.492. The number of thiophene rings is 1. The van der Waals surface area contributed by atoms with E-state index in [1.807, 2.05) is 36.4 Å². The van der Waals surface area contributed by atoms with Crippen LogP contribution in [-0.2, 0) is 0 Å². The smallest absolute Gasteiger partial charge is 0.124 e. The average Bonchev–Trinajstić information content (AvgIpc) is 3.24. The molecule has 0 amide bonds. The highest BCUT2D eigenvalue weighted by molar-refractivity contribution is 7.14. The molecule has 22 heavy (non-hydrogen) atoms. The summed E-state index contributed by atoms with van der Waals surface area (Å²) in [5, 5.41) is 8.49. The number of benzene rings is 1. The molecule has 4 heteroatoms. The number of pyridine rings is 1. The Kier molecular flexibility index (Phi) is 3.54. The summed E-state index contributed by atoms with van der Waals surface area (Å²) in [6, 6.07) is 14.4. The molecule has 0 aliphatic carbocycles. The van der Waals surface area contributed by atoms with Crippen LogP contribution >= 0.6 is 22.7 Å². The molecule has 4 aromatic rings. The van der Waals surface area contributed by atoms with E-state index in [0.717, 1.165) is 27.3 Å². The van der Waals surface area contributed by atoms with Gasteiger partial charge in [-0.05, 0) is 35.7 Å². The van der Waals surface area contributed by atoms with Gasteiger partial charge in [-0.2, -0.15) is 11.3 Å². The summed E-state index contributed by atoms with van der Waals surface area (Å²) in [4.78, 5) is 9.28. The zero-order valence-electron chi connectivity index (χ0n) is 11.6. The largest absolute Gasteiger partial charge is 0.248 e. The second-order valence-electron chi connectivity index (χ2n) is 4.85. The molecule has 0 radical (unpaired) electrons. The predicted octanol–water partition coefficient (Wildman–Crippen LogP) is 5.59. The maximum Gasteiger partial charge on any atom is 0.124 e. The molecule has 0 spiro atoms. The Morgan fingerprint density at radius 2 is 1.73 bits per heavy atom. The van der Waals surface area contributed by atoms with Crippen LogP contribution in [0.2, 0.25) is 0 Å². The number of hydrogen-bond acceptors (Lipinski definition) is 4. The van der Waals surface area contributed by atoms with Crippen molar-refractivity contribution < 1.29 is 0 Å². The minimum absolute atomic E-state index is 0.948. The van der Waals surface area contributed by atoms with Crippen molar-refractivity contribution >= 4 is 45.7 Å². The molecule has 0 atom stereocenters. The van der Waals surface area contributed by atoms with Gasteiger partial charge >= 0.3 is 0 Å². The molecule has 3 aromatic heterocycles. The first-order chi connectivity index (χ1) is 10.9. The average molecular weight is 320 g/mol. The fraction of sp³-hybridized carbons (Fsp3) is 0. The molecule has 0 unspecified atom stereocenters. The van der Waals surface area contributed by atoms with Crippen molar-refractivity contribution in [2.75, 3.05) is 0 Å². The Balaban J connectivity index is 1.60. The zero-order valence-corrected chi connectivity index (χ0v) is 13.3. The number of fused-ring (bicyclic) bond motifs is 1. The monoisotopic (exact) mass is 320 g/mol. The molecule has 0 saturated carbocycles. The highest BCUT2D eigenvalue weighted by Crippen LogP contribution is 2.26. The molecule has 0 saturated heterocycles. The Morgan fingerprint density at radius 1 is 0.818 bits per heavy atom. The lowest BCUT2D eigenvalue weighted by Gasteiger charge is -1.97. The lowest BCUT2D eigenvalue weighted by Crippen LogP contribution is -1.82. The van der Waals surface area contributed by atoms with Gasteiger partial charge in [-0.15, -0.1) is 11.3 Å². The number of hydrogen-bond donors (Lipinski definition) is 0. The molecule has 106 valence electrons. The van der Waals surface area contributed by atoms with Crippen LogP contribution in [0.15, 0.2) is 58.6 Å². The van der Waals surface area contributed by atoms with E-state index >= 15 is 0 Å². The summed E-state index contributed by atoms with van der Waals surface area (Å²) in [5.41, 5.74) is 4.13. The van der Waals surface area contributed by atoms with Crippen molar-refractivity contribution in [1.29, 1.82) is 0 Å². The SMILES string of the molecule is C(=Cc1ccc2ccccc2n1)c1csc(-c2ccsc2)n1.